The molecule has 0 atom stereocenters. The van der Waals surface area contributed by atoms with Gasteiger partial charge in [-0.2, -0.15) is 0 Å². The van der Waals surface area contributed by atoms with Crippen LogP contribution in [0.3, 0.4) is 0 Å². The molecule has 1 N–H and O–H groups in total. The summed E-state index contributed by atoms with van der Waals surface area (Å²) in [5, 5.41) is 9.44. The molecule has 2 rings (SSSR count). The first-order valence-corrected chi connectivity index (χ1v) is 6.56. The van der Waals surface area contributed by atoms with E-state index in [4.69, 9.17) is 21.4 Å². The molecule has 0 unspecified atom stereocenters. The van der Waals surface area contributed by atoms with E-state index in [9.17, 15) is 9.59 Å². The van der Waals surface area contributed by atoms with Gasteiger partial charge in [-0.25, -0.2) is 0 Å². The van der Waals surface area contributed by atoms with Gasteiger partial charge in [0.25, 0.3) is 0 Å². The number of methoxy groups -OCH3 is 1. The van der Waals surface area contributed by atoms with E-state index >= 15 is 0 Å². The first kappa shape index (κ1) is 15.1. The van der Waals surface area contributed by atoms with E-state index in [1.54, 1.807) is 41.9 Å². The molecule has 0 amide bonds. The molecular formula is C15H14ClNO4. The first-order chi connectivity index (χ1) is 9.93. The highest BCUT2D eigenvalue weighted by atomic mass is 35.5. The van der Waals surface area contributed by atoms with Gasteiger partial charge >= 0.3 is 5.97 Å². The monoisotopic (exact) mass is 307 g/mol. The molecule has 5 nitrogen and oxygen atoms in total. The summed E-state index contributed by atoms with van der Waals surface area (Å²) in [5.41, 5.74) is 1.27. The van der Waals surface area contributed by atoms with Gasteiger partial charge in [0, 0.05) is 29.4 Å². The predicted octanol–water partition coefficient (Wildman–Crippen LogP) is 2.55. The maximum atomic E-state index is 12.6. The number of carboxylic acids is 1. The normalized spacial score (nSPS) is 10.4. The number of halogens is 1. The van der Waals surface area contributed by atoms with Crippen LogP contribution in [-0.4, -0.2) is 28.5 Å². The molecule has 0 aliphatic carbocycles. The second-order valence-electron chi connectivity index (χ2n) is 4.52. The Kier molecular flexibility index (Phi) is 4.33. The summed E-state index contributed by atoms with van der Waals surface area (Å²) < 4.78 is 6.74. The lowest BCUT2D eigenvalue weighted by Crippen LogP contribution is -2.12. The molecule has 2 aromatic rings. The highest BCUT2D eigenvalue weighted by Gasteiger charge is 2.22. The van der Waals surface area contributed by atoms with Crippen LogP contribution in [0.1, 0.15) is 21.7 Å². The van der Waals surface area contributed by atoms with Crippen molar-refractivity contribution in [2.45, 2.75) is 6.42 Å². The zero-order chi connectivity index (χ0) is 15.6. The maximum Gasteiger partial charge on any atom is 0.309 e. The van der Waals surface area contributed by atoms with E-state index in [1.165, 1.54) is 7.11 Å². The molecule has 0 aliphatic heterocycles. The molecule has 0 aliphatic rings. The van der Waals surface area contributed by atoms with Gasteiger partial charge in [-0.3, -0.25) is 9.59 Å². The van der Waals surface area contributed by atoms with Gasteiger partial charge in [0.05, 0.1) is 13.5 Å². The molecule has 0 fully saturated rings. The second kappa shape index (κ2) is 6.01. The number of hydrogen-bond donors (Lipinski definition) is 1. The average Bonchev–Trinajstić information content (AvgIpc) is 2.75. The van der Waals surface area contributed by atoms with Crippen LogP contribution < -0.4 is 4.74 Å². The highest BCUT2D eigenvalue weighted by Crippen LogP contribution is 2.26. The van der Waals surface area contributed by atoms with E-state index in [-0.39, 0.29) is 12.2 Å². The third-order valence-electron chi connectivity index (χ3n) is 3.17. The molecule has 21 heavy (non-hydrogen) atoms. The molecule has 1 aromatic carbocycles. The van der Waals surface area contributed by atoms with Crippen molar-refractivity contribution in [2.75, 3.05) is 7.11 Å². The number of carboxylic acid groups (broad SMARTS) is 1. The van der Waals surface area contributed by atoms with Gasteiger partial charge in [0.1, 0.15) is 11.4 Å². The number of carbonyl (C=O) groups is 2. The molecule has 0 saturated heterocycles. The van der Waals surface area contributed by atoms with E-state index in [0.717, 1.165) is 0 Å². The summed E-state index contributed by atoms with van der Waals surface area (Å²) >= 11 is 5.81. The minimum absolute atomic E-state index is 0.180. The standard InChI is InChI=1S/C15H14ClNO4/c1-17-11(8-13(18)19)7-12(21-2)14(17)15(20)9-3-5-10(16)6-4-9/h3-7H,8H2,1-2H3,(H,18,19). The van der Waals surface area contributed by atoms with Crippen LogP contribution >= 0.6 is 11.6 Å². The topological polar surface area (TPSA) is 68.5 Å². The zero-order valence-electron chi connectivity index (χ0n) is 11.6. The van der Waals surface area contributed by atoms with Gasteiger partial charge < -0.3 is 14.4 Å². The van der Waals surface area contributed by atoms with Gasteiger partial charge in [-0.15, -0.1) is 0 Å². The minimum Gasteiger partial charge on any atom is -0.494 e. The summed E-state index contributed by atoms with van der Waals surface area (Å²) in [5.74, 6) is -0.861. The van der Waals surface area contributed by atoms with E-state index < -0.39 is 5.97 Å². The molecular weight excluding hydrogens is 294 g/mol. The highest BCUT2D eigenvalue weighted by molar-refractivity contribution is 6.30. The largest absolute Gasteiger partial charge is 0.494 e. The number of aromatic nitrogens is 1. The number of carbonyl (C=O) groups excluding carboxylic acids is 1. The number of benzene rings is 1. The zero-order valence-corrected chi connectivity index (χ0v) is 12.3. The summed E-state index contributed by atoms with van der Waals surface area (Å²) in [6.45, 7) is 0. The van der Waals surface area contributed by atoms with Crippen molar-refractivity contribution in [3.05, 3.63) is 52.3 Å². The summed E-state index contributed by atoms with van der Waals surface area (Å²) in [6.07, 6.45) is -0.180. The minimum atomic E-state index is -0.969. The maximum absolute atomic E-state index is 12.6. The Balaban J connectivity index is 2.46. The van der Waals surface area contributed by atoms with Gasteiger partial charge in [-0.1, -0.05) is 11.6 Å². The molecule has 110 valence electrons. The van der Waals surface area contributed by atoms with Crippen LogP contribution in [0.15, 0.2) is 30.3 Å². The number of nitrogens with zero attached hydrogens (tertiary/aromatic N) is 1. The van der Waals surface area contributed by atoms with Crippen molar-refractivity contribution in [3.8, 4) is 5.75 Å². The predicted molar refractivity (Wildman–Crippen MR) is 78.2 cm³/mol. The Hall–Kier alpha value is -2.27. The number of rotatable bonds is 5. The van der Waals surface area contributed by atoms with Crippen molar-refractivity contribution in [3.63, 3.8) is 0 Å². The fourth-order valence-corrected chi connectivity index (χ4v) is 2.23. The molecule has 1 heterocycles. The lowest BCUT2D eigenvalue weighted by Gasteiger charge is -2.07. The fraction of sp³-hybridized carbons (Fsp3) is 0.200. The van der Waals surface area contributed by atoms with Crippen molar-refractivity contribution in [1.29, 1.82) is 0 Å². The molecule has 0 radical (unpaired) electrons. The lowest BCUT2D eigenvalue weighted by molar-refractivity contribution is -0.136. The van der Waals surface area contributed by atoms with Crippen LogP contribution in [0.25, 0.3) is 0 Å². The van der Waals surface area contributed by atoms with Crippen LogP contribution in [-0.2, 0) is 18.3 Å². The summed E-state index contributed by atoms with van der Waals surface area (Å²) in [6, 6.07) is 8.06. The third-order valence-corrected chi connectivity index (χ3v) is 3.42. The Morgan fingerprint density at radius 2 is 1.90 bits per heavy atom. The molecule has 0 spiro atoms. The van der Waals surface area contributed by atoms with Crippen LogP contribution in [0, 0.1) is 0 Å². The van der Waals surface area contributed by atoms with E-state index in [1.807, 2.05) is 0 Å². The van der Waals surface area contributed by atoms with E-state index in [0.29, 0.717) is 27.7 Å². The summed E-state index contributed by atoms with van der Waals surface area (Å²) in [7, 11) is 3.09. The Labute approximate surface area is 126 Å². The Morgan fingerprint density at radius 1 is 1.29 bits per heavy atom. The Bertz CT molecular complexity index is 688. The fourth-order valence-electron chi connectivity index (χ4n) is 2.11. The van der Waals surface area contributed by atoms with E-state index in [2.05, 4.69) is 0 Å². The number of ether oxygens (including phenoxy) is 1. The Morgan fingerprint density at radius 3 is 2.43 bits per heavy atom. The number of ketones is 1. The van der Waals surface area contributed by atoms with Gasteiger partial charge in [0.15, 0.2) is 0 Å². The number of hydrogen-bond acceptors (Lipinski definition) is 3. The molecule has 6 heteroatoms. The number of aliphatic carboxylic acids is 1. The van der Waals surface area contributed by atoms with Crippen LogP contribution in [0.2, 0.25) is 5.02 Å². The molecule has 1 aromatic heterocycles. The molecule has 0 bridgehead atoms. The smallest absolute Gasteiger partial charge is 0.309 e. The van der Waals surface area contributed by atoms with Crippen LogP contribution in [0.5, 0.6) is 5.75 Å². The van der Waals surface area contributed by atoms with Gasteiger partial charge in [-0.05, 0) is 24.3 Å². The van der Waals surface area contributed by atoms with Crippen molar-refractivity contribution in [1.82, 2.24) is 4.57 Å². The van der Waals surface area contributed by atoms with Crippen molar-refractivity contribution in [2.24, 2.45) is 7.05 Å². The summed E-state index contributed by atoms with van der Waals surface area (Å²) in [4.78, 5) is 23.4. The average molecular weight is 308 g/mol. The van der Waals surface area contributed by atoms with Gasteiger partial charge in [0.2, 0.25) is 5.78 Å². The quantitative estimate of drug-likeness (QED) is 0.862. The van der Waals surface area contributed by atoms with Crippen LogP contribution in [0.4, 0.5) is 0 Å². The second-order valence-corrected chi connectivity index (χ2v) is 4.95. The first-order valence-electron chi connectivity index (χ1n) is 6.18. The van der Waals surface area contributed by atoms with Crippen molar-refractivity contribution >= 4 is 23.4 Å². The molecule has 0 saturated carbocycles. The SMILES string of the molecule is COc1cc(CC(=O)O)n(C)c1C(=O)c1ccc(Cl)cc1. The lowest BCUT2D eigenvalue weighted by atomic mass is 10.1. The van der Waals surface area contributed by atoms with Crippen molar-refractivity contribution < 1.29 is 19.4 Å². The third kappa shape index (κ3) is 3.08.